The highest BCUT2D eigenvalue weighted by molar-refractivity contribution is 5.78. The van der Waals surface area contributed by atoms with Crippen LogP contribution >= 0.6 is 0 Å². The van der Waals surface area contributed by atoms with Gasteiger partial charge in [-0.05, 0) is 32.2 Å². The molecule has 2 saturated heterocycles. The summed E-state index contributed by atoms with van der Waals surface area (Å²) < 4.78 is 5.18. The summed E-state index contributed by atoms with van der Waals surface area (Å²) in [7, 11) is 1.76. The number of nitrogens with two attached hydrogens (primary N) is 1. The molecular weight excluding hydrogens is 252 g/mol. The number of likely N-dealkylation sites (tertiary alicyclic amines) is 2. The minimum absolute atomic E-state index is 0.552. The molecule has 0 aromatic heterocycles. The monoisotopic (exact) mass is 282 g/mol. The van der Waals surface area contributed by atoms with Crippen LogP contribution in [-0.4, -0.2) is 68.2 Å². The highest BCUT2D eigenvalue weighted by Crippen LogP contribution is 2.17. The molecule has 0 radical (unpaired) electrons. The summed E-state index contributed by atoms with van der Waals surface area (Å²) in [6, 6.07) is 0.552. The first-order valence-electron chi connectivity index (χ1n) is 8.09. The fourth-order valence-electron chi connectivity index (χ4n) is 3.20. The molecule has 0 aromatic rings. The van der Waals surface area contributed by atoms with Gasteiger partial charge in [0.25, 0.3) is 0 Å². The van der Waals surface area contributed by atoms with Crippen molar-refractivity contribution < 1.29 is 4.74 Å². The first kappa shape index (κ1) is 15.6. The number of methoxy groups -OCH3 is 1. The van der Waals surface area contributed by atoms with E-state index < -0.39 is 0 Å². The van der Waals surface area contributed by atoms with E-state index in [1.54, 1.807) is 7.11 Å². The molecule has 2 aliphatic heterocycles. The van der Waals surface area contributed by atoms with E-state index in [0.717, 1.165) is 38.7 Å². The van der Waals surface area contributed by atoms with Crippen LogP contribution in [0.3, 0.4) is 0 Å². The van der Waals surface area contributed by atoms with Gasteiger partial charge in [0.15, 0.2) is 5.96 Å². The number of rotatable bonds is 5. The Labute approximate surface area is 123 Å². The van der Waals surface area contributed by atoms with Crippen molar-refractivity contribution >= 4 is 5.96 Å². The average Bonchev–Trinajstić information content (AvgIpc) is 2.73. The van der Waals surface area contributed by atoms with Crippen molar-refractivity contribution in [2.45, 2.75) is 44.6 Å². The molecule has 2 aliphatic rings. The predicted molar refractivity (Wildman–Crippen MR) is 83.0 cm³/mol. The SMILES string of the molecule is COCCN1CCC[C@@H]1CN=C(N)N1CCCCCC1. The van der Waals surface area contributed by atoms with E-state index in [0.29, 0.717) is 6.04 Å². The van der Waals surface area contributed by atoms with E-state index in [2.05, 4.69) is 14.8 Å². The van der Waals surface area contributed by atoms with Crippen LogP contribution in [0.2, 0.25) is 0 Å². The molecule has 5 nitrogen and oxygen atoms in total. The molecule has 2 rings (SSSR count). The second kappa shape index (κ2) is 8.47. The molecule has 0 aliphatic carbocycles. The van der Waals surface area contributed by atoms with Gasteiger partial charge in [-0.15, -0.1) is 0 Å². The largest absolute Gasteiger partial charge is 0.383 e. The first-order valence-corrected chi connectivity index (χ1v) is 8.09. The Morgan fingerprint density at radius 2 is 1.90 bits per heavy atom. The Hall–Kier alpha value is -0.810. The molecule has 2 N–H and O–H groups in total. The van der Waals surface area contributed by atoms with Gasteiger partial charge in [0.1, 0.15) is 0 Å². The standard InChI is InChI=1S/C15H30N4O/c1-20-12-11-18-10-6-7-14(18)13-17-15(16)19-8-4-2-3-5-9-19/h14H,2-13H2,1H3,(H2,16,17)/t14-/m1/s1. The Morgan fingerprint density at radius 1 is 1.15 bits per heavy atom. The number of ether oxygens (including phenoxy) is 1. The van der Waals surface area contributed by atoms with Crippen LogP contribution in [0.5, 0.6) is 0 Å². The molecule has 0 bridgehead atoms. The minimum Gasteiger partial charge on any atom is -0.383 e. The predicted octanol–water partition coefficient (Wildman–Crippen LogP) is 1.29. The second-order valence-electron chi connectivity index (χ2n) is 5.92. The average molecular weight is 282 g/mol. The maximum absolute atomic E-state index is 6.17. The van der Waals surface area contributed by atoms with Gasteiger partial charge in [0, 0.05) is 32.8 Å². The Morgan fingerprint density at radius 3 is 2.60 bits per heavy atom. The van der Waals surface area contributed by atoms with E-state index in [9.17, 15) is 0 Å². The molecule has 0 unspecified atom stereocenters. The maximum Gasteiger partial charge on any atom is 0.191 e. The van der Waals surface area contributed by atoms with Crippen LogP contribution in [0.1, 0.15) is 38.5 Å². The van der Waals surface area contributed by atoms with Crippen molar-refractivity contribution in [1.82, 2.24) is 9.80 Å². The topological polar surface area (TPSA) is 54.1 Å². The quantitative estimate of drug-likeness (QED) is 0.610. The van der Waals surface area contributed by atoms with Gasteiger partial charge in [0.05, 0.1) is 13.2 Å². The normalized spacial score (nSPS) is 25.9. The smallest absolute Gasteiger partial charge is 0.191 e. The zero-order valence-corrected chi connectivity index (χ0v) is 12.9. The Kier molecular flexibility index (Phi) is 6.60. The summed E-state index contributed by atoms with van der Waals surface area (Å²) in [5.74, 6) is 0.755. The highest BCUT2D eigenvalue weighted by atomic mass is 16.5. The van der Waals surface area contributed by atoms with E-state index in [1.165, 1.54) is 45.1 Å². The van der Waals surface area contributed by atoms with Gasteiger partial charge in [-0.1, -0.05) is 12.8 Å². The molecule has 2 heterocycles. The van der Waals surface area contributed by atoms with Crippen molar-refractivity contribution in [3.8, 4) is 0 Å². The summed E-state index contributed by atoms with van der Waals surface area (Å²) in [5, 5.41) is 0. The van der Waals surface area contributed by atoms with Crippen LogP contribution in [0.25, 0.3) is 0 Å². The van der Waals surface area contributed by atoms with Gasteiger partial charge in [-0.3, -0.25) is 9.89 Å². The van der Waals surface area contributed by atoms with Crippen molar-refractivity contribution in [1.29, 1.82) is 0 Å². The lowest BCUT2D eigenvalue weighted by atomic mass is 10.2. The number of hydrogen-bond acceptors (Lipinski definition) is 3. The van der Waals surface area contributed by atoms with E-state index >= 15 is 0 Å². The summed E-state index contributed by atoms with van der Waals surface area (Å²) >= 11 is 0. The number of hydrogen-bond donors (Lipinski definition) is 1. The summed E-state index contributed by atoms with van der Waals surface area (Å²) in [4.78, 5) is 9.42. The molecule has 0 spiro atoms. The highest BCUT2D eigenvalue weighted by Gasteiger charge is 2.23. The summed E-state index contributed by atoms with van der Waals surface area (Å²) in [6.45, 7) is 5.99. The fraction of sp³-hybridized carbons (Fsp3) is 0.933. The van der Waals surface area contributed by atoms with Gasteiger partial charge < -0.3 is 15.4 Å². The third-order valence-electron chi connectivity index (χ3n) is 4.48. The lowest BCUT2D eigenvalue weighted by Crippen LogP contribution is -2.40. The fourth-order valence-corrected chi connectivity index (χ4v) is 3.20. The first-order chi connectivity index (χ1) is 9.81. The Bertz CT molecular complexity index is 300. The number of aliphatic imine (C=N–C) groups is 1. The molecule has 20 heavy (non-hydrogen) atoms. The number of nitrogens with zero attached hydrogens (tertiary/aromatic N) is 3. The second-order valence-corrected chi connectivity index (χ2v) is 5.92. The third kappa shape index (κ3) is 4.63. The van der Waals surface area contributed by atoms with Gasteiger partial charge in [0.2, 0.25) is 0 Å². The van der Waals surface area contributed by atoms with Crippen LogP contribution in [0, 0.1) is 0 Å². The molecule has 0 saturated carbocycles. The molecule has 5 heteroatoms. The van der Waals surface area contributed by atoms with Gasteiger partial charge >= 0.3 is 0 Å². The zero-order valence-electron chi connectivity index (χ0n) is 12.9. The lowest BCUT2D eigenvalue weighted by molar-refractivity contribution is 0.142. The van der Waals surface area contributed by atoms with Crippen LogP contribution in [0.15, 0.2) is 4.99 Å². The van der Waals surface area contributed by atoms with Crippen LogP contribution in [0.4, 0.5) is 0 Å². The maximum atomic E-state index is 6.17. The zero-order chi connectivity index (χ0) is 14.2. The van der Waals surface area contributed by atoms with Crippen molar-refractivity contribution in [2.24, 2.45) is 10.7 Å². The molecule has 2 fully saturated rings. The van der Waals surface area contributed by atoms with Crippen LogP contribution < -0.4 is 5.73 Å². The number of guanidine groups is 1. The minimum atomic E-state index is 0.552. The van der Waals surface area contributed by atoms with Crippen molar-refractivity contribution in [3.63, 3.8) is 0 Å². The molecule has 0 amide bonds. The van der Waals surface area contributed by atoms with E-state index in [-0.39, 0.29) is 0 Å². The van der Waals surface area contributed by atoms with Crippen molar-refractivity contribution in [2.75, 3.05) is 46.4 Å². The Balaban J connectivity index is 1.80. The summed E-state index contributed by atoms with van der Waals surface area (Å²) in [5.41, 5.74) is 6.17. The lowest BCUT2D eigenvalue weighted by Gasteiger charge is -2.24. The van der Waals surface area contributed by atoms with Gasteiger partial charge in [-0.2, -0.15) is 0 Å². The molecular formula is C15H30N4O. The van der Waals surface area contributed by atoms with Crippen LogP contribution in [-0.2, 0) is 4.74 Å². The molecule has 1 atom stereocenters. The van der Waals surface area contributed by atoms with E-state index in [4.69, 9.17) is 10.5 Å². The molecule has 116 valence electrons. The summed E-state index contributed by atoms with van der Waals surface area (Å²) in [6.07, 6.45) is 7.67. The van der Waals surface area contributed by atoms with Crippen molar-refractivity contribution in [3.05, 3.63) is 0 Å². The third-order valence-corrected chi connectivity index (χ3v) is 4.48. The van der Waals surface area contributed by atoms with E-state index in [1.807, 2.05) is 0 Å². The van der Waals surface area contributed by atoms with Gasteiger partial charge in [-0.25, -0.2) is 0 Å². The molecule has 0 aromatic carbocycles.